The van der Waals surface area contributed by atoms with E-state index in [1.807, 2.05) is 0 Å². The molecule has 4 nitrogen and oxygen atoms in total. The predicted octanol–water partition coefficient (Wildman–Crippen LogP) is 18.7. The van der Waals surface area contributed by atoms with Gasteiger partial charge in [-0.3, -0.25) is 0 Å². The second-order valence-electron chi connectivity index (χ2n) is 17.5. The number of hydrogen-bond acceptors (Lipinski definition) is 0. The zero-order chi connectivity index (χ0) is 44.9. The van der Waals surface area contributed by atoms with Gasteiger partial charge in [-0.1, -0.05) is 248 Å². The van der Waals surface area contributed by atoms with Gasteiger partial charge in [-0.05, 0) is 67.7 Å². The Morgan fingerprint density at radius 1 is 0.548 bits per heavy atom. The van der Waals surface area contributed by atoms with Crippen molar-refractivity contribution in [3.05, 3.63) is 110 Å². The Morgan fingerprint density at radius 3 is 1.39 bits per heavy atom. The molecule has 62 heavy (non-hydrogen) atoms. The van der Waals surface area contributed by atoms with Crippen LogP contribution in [0.1, 0.15) is 236 Å². The average molecular weight is 896 g/mol. The van der Waals surface area contributed by atoms with Gasteiger partial charge in [0.15, 0.2) is 0 Å². The molecular formula is C57H96N4Ni. The van der Waals surface area contributed by atoms with Crippen molar-refractivity contribution >= 4 is 11.4 Å². The molecule has 0 heterocycles. The van der Waals surface area contributed by atoms with Crippen molar-refractivity contribution in [1.82, 2.24) is 0 Å². The van der Waals surface area contributed by atoms with Gasteiger partial charge in [0.2, 0.25) is 0 Å². The molecule has 0 aromatic heterocycles. The van der Waals surface area contributed by atoms with Crippen molar-refractivity contribution in [3.8, 4) is 0 Å². The summed E-state index contributed by atoms with van der Waals surface area (Å²) in [6, 6.07) is 18.1. The summed E-state index contributed by atoms with van der Waals surface area (Å²) in [5.74, 6) is 3.00. The number of hydrogen-bond donors (Lipinski definition) is 0. The van der Waals surface area contributed by atoms with E-state index in [0.29, 0.717) is 0 Å². The minimum atomic E-state index is 0. The maximum atomic E-state index is 9.69. The first-order chi connectivity index (χ1) is 30.0. The van der Waals surface area contributed by atoms with E-state index in [0.717, 1.165) is 43.3 Å². The van der Waals surface area contributed by atoms with Crippen molar-refractivity contribution in [3.63, 3.8) is 0 Å². The number of rotatable bonds is 35. The zero-order valence-corrected chi connectivity index (χ0v) is 42.8. The molecule has 0 atom stereocenters. The molecule has 0 spiro atoms. The molecule has 5 heteroatoms. The van der Waals surface area contributed by atoms with Crippen LogP contribution >= 0.6 is 0 Å². The third kappa shape index (κ3) is 34.9. The quantitative estimate of drug-likeness (QED) is 0.0165. The van der Waals surface area contributed by atoms with E-state index in [1.165, 1.54) is 195 Å². The van der Waals surface area contributed by atoms with Crippen LogP contribution in [-0.2, 0) is 22.9 Å². The molecule has 0 saturated carbocycles. The number of benzene rings is 2. The Morgan fingerprint density at radius 2 is 0.952 bits per heavy atom. The average Bonchev–Trinajstić information content (AvgIpc) is 3.25. The van der Waals surface area contributed by atoms with Crippen molar-refractivity contribution in [2.45, 2.75) is 227 Å². The van der Waals surface area contributed by atoms with Gasteiger partial charge in [-0.15, -0.1) is 4.79 Å². The van der Waals surface area contributed by atoms with Crippen LogP contribution in [0, 0.1) is 6.92 Å². The van der Waals surface area contributed by atoms with Crippen LogP contribution in [0.25, 0.3) is 21.7 Å². The predicted molar refractivity (Wildman–Crippen MR) is 275 cm³/mol. The molecule has 2 rings (SSSR count). The van der Waals surface area contributed by atoms with E-state index in [4.69, 9.17) is 0 Å². The summed E-state index contributed by atoms with van der Waals surface area (Å²) in [5.41, 5.74) is 18.1. The summed E-state index contributed by atoms with van der Waals surface area (Å²) < 4.78 is 0. The van der Waals surface area contributed by atoms with E-state index in [9.17, 15) is 5.53 Å². The largest absolute Gasteiger partial charge is 2.00 e. The van der Waals surface area contributed by atoms with E-state index in [1.54, 1.807) is 28.2 Å². The van der Waals surface area contributed by atoms with Gasteiger partial charge in [0, 0.05) is 5.57 Å². The zero-order valence-electron chi connectivity index (χ0n) is 41.8. The number of nitrogens with zero attached hydrogens (tertiary/aromatic N) is 4. The van der Waals surface area contributed by atoms with Crippen molar-refractivity contribution in [2.24, 2.45) is 0 Å². The van der Waals surface area contributed by atoms with Crippen molar-refractivity contribution in [2.75, 3.05) is 28.2 Å². The summed E-state index contributed by atoms with van der Waals surface area (Å²) in [4.78, 5) is 3.44. The monoisotopic (exact) mass is 895 g/mol. The Kier molecular flexibility index (Phi) is 47.6. The summed E-state index contributed by atoms with van der Waals surface area (Å²) in [6.07, 6.45) is 46.1. The van der Waals surface area contributed by atoms with Gasteiger partial charge in [0.05, 0.1) is 5.57 Å². The molecule has 0 N–H and O–H groups in total. The molecule has 0 bridgehead atoms. The molecule has 0 amide bonds. The van der Waals surface area contributed by atoms with Crippen molar-refractivity contribution in [1.29, 1.82) is 0 Å². The minimum absolute atomic E-state index is 0. The topological polar surface area (TPSA) is 64.6 Å². The van der Waals surface area contributed by atoms with Crippen molar-refractivity contribution < 1.29 is 21.3 Å². The van der Waals surface area contributed by atoms with E-state index in [-0.39, 0.29) is 16.5 Å². The van der Waals surface area contributed by atoms with Gasteiger partial charge in [0.1, 0.15) is 0 Å². The Balaban J connectivity index is 0. The molecule has 2 aromatic rings. The molecule has 0 fully saturated rings. The Bertz CT molecular complexity index is 1430. The van der Waals surface area contributed by atoms with E-state index < -0.39 is 0 Å². The maximum Gasteiger partial charge on any atom is 2.00 e. The SMILES string of the molecule is CCCCCC=CC(C(=C=[N+]=[N-])CCCC)=C(c1cccc(C)c1)c1cccc(CCCCCCCCCCCCCCCCCCCCCCCCC)c1.C[N-]C.C[N-]C.[Ni+2]. The van der Waals surface area contributed by atoms with Crippen LogP contribution < -0.4 is 0 Å². The number of allylic oxidation sites excluding steroid dienone is 4. The van der Waals surface area contributed by atoms with Gasteiger partial charge >= 0.3 is 22.4 Å². The molecule has 354 valence electrons. The molecule has 2 aromatic carbocycles. The minimum Gasteiger partial charge on any atom is -0.668 e. The molecule has 0 unspecified atom stereocenters. The van der Waals surface area contributed by atoms with E-state index >= 15 is 0 Å². The molecular weight excluding hydrogens is 799 g/mol. The van der Waals surface area contributed by atoms with Crippen LogP contribution in [0.3, 0.4) is 0 Å². The van der Waals surface area contributed by atoms with Crippen LogP contribution in [-0.4, -0.2) is 38.9 Å². The Hall–Kier alpha value is -2.51. The summed E-state index contributed by atoms with van der Waals surface area (Å²) >= 11 is 0. The van der Waals surface area contributed by atoms with Crippen LogP contribution in [0.15, 0.2) is 71.8 Å². The van der Waals surface area contributed by atoms with Gasteiger partial charge in [-0.2, -0.15) is 28.2 Å². The molecule has 0 aliphatic heterocycles. The standard InChI is InChI=1S/C53H84N2.2C2H6N.Ni/c1-5-8-11-13-14-15-16-17-18-19-20-21-22-23-24-25-26-27-28-29-30-32-33-38-48-39-36-42-50(45-48)53(49-41-35-37-47(4)44-49)52(43-34-31-12-9-6-2)51(46-55-54)40-10-7-3;2*1-3-2;/h34-37,39,41-45H,5-33,38,40H2,1-4H3;2*1-2H3;/q;2*-1;+2. The van der Waals surface area contributed by atoms with Crippen LogP contribution in [0.4, 0.5) is 0 Å². The van der Waals surface area contributed by atoms with Gasteiger partial charge in [0.25, 0.3) is 0 Å². The van der Waals surface area contributed by atoms with Crippen LogP contribution in [0.2, 0.25) is 0 Å². The first-order valence-electron chi connectivity index (χ1n) is 25.5. The third-order valence-electron chi connectivity index (χ3n) is 11.4. The second kappa shape index (κ2) is 48.0. The fourth-order valence-electron chi connectivity index (χ4n) is 7.99. The maximum absolute atomic E-state index is 9.69. The van der Waals surface area contributed by atoms with E-state index in [2.05, 4.69) is 110 Å². The summed E-state index contributed by atoms with van der Waals surface area (Å²) in [5, 5.41) is 7.00. The third-order valence-corrected chi connectivity index (χ3v) is 11.4. The van der Waals surface area contributed by atoms with Gasteiger partial charge < -0.3 is 16.2 Å². The summed E-state index contributed by atoms with van der Waals surface area (Å²) in [7, 11) is 7.00. The summed E-state index contributed by atoms with van der Waals surface area (Å²) in [6.45, 7) is 8.94. The molecule has 0 saturated heterocycles. The smallest absolute Gasteiger partial charge is 0.668 e. The number of aryl methyl sites for hydroxylation is 2. The van der Waals surface area contributed by atoms with Gasteiger partial charge in [-0.25, -0.2) is 0 Å². The molecule has 0 aliphatic rings. The molecule has 0 radical (unpaired) electrons. The fraction of sp³-hybridized carbons (Fsp3) is 0.684. The first kappa shape index (κ1) is 61.6. The first-order valence-corrected chi connectivity index (χ1v) is 25.5. The number of unbranched alkanes of at least 4 members (excludes halogenated alkanes) is 26. The fourth-order valence-corrected chi connectivity index (χ4v) is 7.99. The normalized spacial score (nSPS) is 11.1. The Labute approximate surface area is 396 Å². The molecule has 0 aliphatic carbocycles. The van der Waals surface area contributed by atoms with Crippen LogP contribution in [0.5, 0.6) is 0 Å². The second-order valence-corrected chi connectivity index (χ2v) is 17.5.